The molecule has 146 valence electrons. The van der Waals surface area contributed by atoms with Gasteiger partial charge in [-0.3, -0.25) is 9.59 Å². The van der Waals surface area contributed by atoms with Gasteiger partial charge >= 0.3 is 0 Å². The molecule has 1 N–H and O–H groups in total. The van der Waals surface area contributed by atoms with Crippen molar-refractivity contribution < 1.29 is 14.3 Å². The second kappa shape index (κ2) is 6.97. The molecule has 0 saturated carbocycles. The molecule has 2 aliphatic heterocycles. The average molecular weight is 378 g/mol. The quantitative estimate of drug-likeness (QED) is 0.827. The van der Waals surface area contributed by atoms with Gasteiger partial charge in [-0.25, -0.2) is 0 Å². The van der Waals surface area contributed by atoms with Gasteiger partial charge in [-0.15, -0.1) is 0 Å². The molecule has 2 bridgehead atoms. The fourth-order valence-corrected chi connectivity index (χ4v) is 4.63. The standard InChI is InChI=1S/C23H26N2O3/c1-4-25-22(27)20(21(26)24-15(2)16-10-6-5-7-11-16)18-14-23(25,3)28-19-13-9-8-12-17(18)19/h5-13,15,18,20H,4,14H2,1-3H3,(H,24,26)/t15-,18+,20+,23-/m1/s1. The highest BCUT2D eigenvalue weighted by Gasteiger charge is 2.55. The third kappa shape index (κ3) is 2.95. The number of carbonyl (C=O) groups is 2. The van der Waals surface area contributed by atoms with E-state index in [-0.39, 0.29) is 23.8 Å². The predicted octanol–water partition coefficient (Wildman–Crippen LogP) is 3.62. The van der Waals surface area contributed by atoms with Crippen molar-refractivity contribution in [2.24, 2.45) is 5.92 Å². The molecule has 4 atom stereocenters. The Morgan fingerprint density at radius 1 is 1.21 bits per heavy atom. The maximum Gasteiger partial charge on any atom is 0.238 e. The van der Waals surface area contributed by atoms with Gasteiger partial charge in [-0.05, 0) is 38.0 Å². The van der Waals surface area contributed by atoms with Crippen LogP contribution in [0.2, 0.25) is 0 Å². The fraction of sp³-hybridized carbons (Fsp3) is 0.391. The van der Waals surface area contributed by atoms with Crippen molar-refractivity contribution in [3.05, 3.63) is 65.7 Å². The molecule has 2 heterocycles. The zero-order chi connectivity index (χ0) is 19.9. The van der Waals surface area contributed by atoms with E-state index in [0.717, 1.165) is 16.9 Å². The zero-order valence-electron chi connectivity index (χ0n) is 16.5. The third-order valence-corrected chi connectivity index (χ3v) is 6.01. The Kier molecular flexibility index (Phi) is 4.61. The van der Waals surface area contributed by atoms with E-state index in [0.29, 0.717) is 13.0 Å². The van der Waals surface area contributed by atoms with Crippen LogP contribution in [0.4, 0.5) is 0 Å². The Morgan fingerprint density at radius 2 is 1.89 bits per heavy atom. The van der Waals surface area contributed by atoms with Crippen molar-refractivity contribution >= 4 is 11.8 Å². The van der Waals surface area contributed by atoms with E-state index < -0.39 is 11.6 Å². The maximum atomic E-state index is 13.3. The summed E-state index contributed by atoms with van der Waals surface area (Å²) in [5.41, 5.74) is 1.24. The van der Waals surface area contributed by atoms with Crippen LogP contribution in [0.3, 0.4) is 0 Å². The van der Waals surface area contributed by atoms with Crippen molar-refractivity contribution in [3.63, 3.8) is 0 Å². The van der Waals surface area contributed by atoms with Crippen molar-refractivity contribution in [2.45, 2.75) is 44.9 Å². The maximum absolute atomic E-state index is 13.3. The molecule has 28 heavy (non-hydrogen) atoms. The average Bonchev–Trinajstić information content (AvgIpc) is 2.68. The van der Waals surface area contributed by atoms with Crippen molar-refractivity contribution in [1.29, 1.82) is 0 Å². The summed E-state index contributed by atoms with van der Waals surface area (Å²) < 4.78 is 6.22. The minimum atomic E-state index is -0.746. The predicted molar refractivity (Wildman–Crippen MR) is 107 cm³/mol. The Labute approximate surface area is 165 Å². The fourth-order valence-electron chi connectivity index (χ4n) is 4.63. The first kappa shape index (κ1) is 18.5. The number of para-hydroxylation sites is 1. The molecular formula is C23H26N2O3. The molecule has 0 radical (unpaired) electrons. The van der Waals surface area contributed by atoms with E-state index in [9.17, 15) is 9.59 Å². The number of carbonyl (C=O) groups excluding carboxylic acids is 2. The summed E-state index contributed by atoms with van der Waals surface area (Å²) in [6.45, 7) is 6.31. The lowest BCUT2D eigenvalue weighted by Crippen LogP contribution is -2.64. The van der Waals surface area contributed by atoms with Crippen LogP contribution in [0, 0.1) is 5.92 Å². The van der Waals surface area contributed by atoms with E-state index in [4.69, 9.17) is 4.74 Å². The van der Waals surface area contributed by atoms with Gasteiger partial charge in [0.1, 0.15) is 11.7 Å². The normalized spacial score (nSPS) is 26.8. The molecule has 1 fully saturated rings. The number of hydrogen-bond acceptors (Lipinski definition) is 3. The monoisotopic (exact) mass is 378 g/mol. The van der Waals surface area contributed by atoms with Gasteiger partial charge < -0.3 is 15.0 Å². The molecule has 5 nitrogen and oxygen atoms in total. The molecule has 2 amide bonds. The number of nitrogens with zero attached hydrogens (tertiary/aromatic N) is 1. The van der Waals surface area contributed by atoms with Gasteiger partial charge in [-0.1, -0.05) is 48.5 Å². The third-order valence-electron chi connectivity index (χ3n) is 6.01. The van der Waals surface area contributed by atoms with Gasteiger partial charge in [0.05, 0.1) is 6.04 Å². The molecule has 2 aliphatic rings. The lowest BCUT2D eigenvalue weighted by atomic mass is 9.73. The van der Waals surface area contributed by atoms with Gasteiger partial charge in [-0.2, -0.15) is 0 Å². The number of fused-ring (bicyclic) bond motifs is 4. The zero-order valence-corrected chi connectivity index (χ0v) is 16.5. The largest absolute Gasteiger partial charge is 0.468 e. The topological polar surface area (TPSA) is 58.6 Å². The molecule has 5 heteroatoms. The molecule has 4 rings (SSSR count). The number of piperidine rings is 1. The number of nitrogens with one attached hydrogen (secondary N) is 1. The van der Waals surface area contributed by atoms with Crippen LogP contribution in [0.15, 0.2) is 54.6 Å². The van der Waals surface area contributed by atoms with Crippen molar-refractivity contribution in [2.75, 3.05) is 6.54 Å². The van der Waals surface area contributed by atoms with Crippen LogP contribution in [0.5, 0.6) is 5.75 Å². The van der Waals surface area contributed by atoms with Gasteiger partial charge in [0.25, 0.3) is 0 Å². The molecule has 0 spiro atoms. The van der Waals surface area contributed by atoms with Gasteiger partial charge in [0.2, 0.25) is 11.8 Å². The molecule has 2 aromatic rings. The smallest absolute Gasteiger partial charge is 0.238 e. The van der Waals surface area contributed by atoms with Crippen molar-refractivity contribution in [3.8, 4) is 5.75 Å². The van der Waals surface area contributed by atoms with E-state index >= 15 is 0 Å². The Balaban J connectivity index is 1.68. The van der Waals surface area contributed by atoms with Crippen LogP contribution in [-0.2, 0) is 9.59 Å². The van der Waals surface area contributed by atoms with E-state index in [2.05, 4.69) is 5.32 Å². The summed E-state index contributed by atoms with van der Waals surface area (Å²) in [5, 5.41) is 3.06. The minimum absolute atomic E-state index is 0.159. The first-order chi connectivity index (χ1) is 13.4. The first-order valence-electron chi connectivity index (χ1n) is 9.89. The lowest BCUT2D eigenvalue weighted by molar-refractivity contribution is -0.175. The van der Waals surface area contributed by atoms with Crippen molar-refractivity contribution in [1.82, 2.24) is 10.2 Å². The molecule has 0 aliphatic carbocycles. The SMILES string of the molecule is CCN1C(=O)[C@H](C(=O)N[C@H](C)c2ccccc2)[C@H]2C[C@@]1(C)Oc1ccccc12. The summed E-state index contributed by atoms with van der Waals surface area (Å²) in [6, 6.07) is 17.4. The van der Waals surface area contributed by atoms with Crippen LogP contribution < -0.4 is 10.1 Å². The molecule has 1 saturated heterocycles. The van der Waals surface area contributed by atoms with Crippen LogP contribution in [0.25, 0.3) is 0 Å². The second-order valence-electron chi connectivity index (χ2n) is 7.83. The highest BCUT2D eigenvalue weighted by atomic mass is 16.5. The number of amides is 2. The summed E-state index contributed by atoms with van der Waals surface area (Å²) in [6.07, 6.45) is 0.612. The summed E-state index contributed by atoms with van der Waals surface area (Å²) >= 11 is 0. The molecular weight excluding hydrogens is 352 g/mol. The number of benzene rings is 2. The highest BCUT2D eigenvalue weighted by Crippen LogP contribution is 2.50. The van der Waals surface area contributed by atoms with E-state index in [1.165, 1.54) is 0 Å². The number of ether oxygens (including phenoxy) is 1. The Bertz CT molecular complexity index is 898. The highest BCUT2D eigenvalue weighted by molar-refractivity contribution is 6.02. The van der Waals surface area contributed by atoms with Gasteiger partial charge in [0, 0.05) is 18.9 Å². The molecule has 0 unspecified atom stereocenters. The lowest BCUT2D eigenvalue weighted by Gasteiger charge is -2.52. The summed E-state index contributed by atoms with van der Waals surface area (Å²) in [5.74, 6) is -0.546. The first-order valence-corrected chi connectivity index (χ1v) is 9.89. The number of hydrogen-bond donors (Lipinski definition) is 1. The Hall–Kier alpha value is -2.82. The summed E-state index contributed by atoms with van der Waals surface area (Å²) in [4.78, 5) is 28.3. The molecule has 2 aromatic carbocycles. The van der Waals surface area contributed by atoms with Crippen LogP contribution in [0.1, 0.15) is 50.3 Å². The minimum Gasteiger partial charge on any atom is -0.468 e. The number of rotatable bonds is 4. The van der Waals surface area contributed by atoms with E-state index in [1.807, 2.05) is 75.4 Å². The van der Waals surface area contributed by atoms with Crippen LogP contribution in [-0.4, -0.2) is 29.0 Å². The van der Waals surface area contributed by atoms with Crippen LogP contribution >= 0.6 is 0 Å². The Morgan fingerprint density at radius 3 is 2.61 bits per heavy atom. The van der Waals surface area contributed by atoms with E-state index in [1.54, 1.807) is 4.90 Å². The summed E-state index contributed by atoms with van der Waals surface area (Å²) in [7, 11) is 0. The van der Waals surface area contributed by atoms with Gasteiger partial charge in [0.15, 0.2) is 5.72 Å². The molecule has 0 aromatic heterocycles. The second-order valence-corrected chi connectivity index (χ2v) is 7.83. The number of likely N-dealkylation sites (tertiary alicyclic amines) is 1.